The van der Waals surface area contributed by atoms with Gasteiger partial charge < -0.3 is 9.72 Å². The molecule has 1 aromatic carbocycles. The molecule has 78 valence electrons. The molecule has 2 rings (SSSR count). The van der Waals surface area contributed by atoms with E-state index in [0.717, 1.165) is 23.0 Å². The van der Waals surface area contributed by atoms with Crippen LogP contribution in [-0.4, -0.2) is 11.5 Å². The van der Waals surface area contributed by atoms with Gasteiger partial charge in [0, 0.05) is 5.52 Å². The Labute approximate surface area is 88.1 Å². The maximum absolute atomic E-state index is 10.3. The zero-order valence-electron chi connectivity index (χ0n) is 8.57. The third-order valence-corrected chi connectivity index (χ3v) is 2.49. The van der Waals surface area contributed by atoms with E-state index in [1.165, 1.54) is 0 Å². The number of benzene rings is 1. The first-order valence-corrected chi connectivity index (χ1v) is 5.02. The van der Waals surface area contributed by atoms with Gasteiger partial charge in [-0.1, -0.05) is 25.1 Å². The second-order valence-corrected chi connectivity index (χ2v) is 3.44. The molecule has 0 spiro atoms. The number of hydrogen-bond acceptors (Lipinski definition) is 2. The molecule has 2 aromatic rings. The molecular weight excluding hydrogens is 190 g/mol. The van der Waals surface area contributed by atoms with Gasteiger partial charge in [0.25, 0.3) is 6.47 Å². The van der Waals surface area contributed by atoms with Crippen LogP contribution in [0.1, 0.15) is 25.1 Å². The van der Waals surface area contributed by atoms with Gasteiger partial charge >= 0.3 is 0 Å². The first kappa shape index (κ1) is 9.77. The van der Waals surface area contributed by atoms with Crippen molar-refractivity contribution in [1.29, 1.82) is 0 Å². The fourth-order valence-corrected chi connectivity index (χ4v) is 1.73. The van der Waals surface area contributed by atoms with Crippen molar-refractivity contribution in [3.8, 4) is 0 Å². The number of rotatable bonds is 4. The summed E-state index contributed by atoms with van der Waals surface area (Å²) in [6.45, 7) is 2.49. The number of nitrogens with one attached hydrogen (secondary N) is 1. The zero-order chi connectivity index (χ0) is 10.7. The normalized spacial score (nSPS) is 12.6. The number of ether oxygens (including phenoxy) is 1. The second-order valence-electron chi connectivity index (χ2n) is 3.44. The zero-order valence-corrected chi connectivity index (χ0v) is 8.57. The molecule has 3 nitrogen and oxygen atoms in total. The summed E-state index contributed by atoms with van der Waals surface area (Å²) in [5.41, 5.74) is 2.02. The molecule has 1 heterocycles. The predicted molar refractivity (Wildman–Crippen MR) is 58.5 cm³/mol. The smallest absolute Gasteiger partial charge is 0.293 e. The highest BCUT2D eigenvalue weighted by Gasteiger charge is 2.12. The molecule has 15 heavy (non-hydrogen) atoms. The number of carbonyl (C=O) groups excluding carboxylic acids is 1. The highest BCUT2D eigenvalue weighted by Crippen LogP contribution is 2.23. The van der Waals surface area contributed by atoms with E-state index in [0.29, 0.717) is 6.47 Å². The number of aromatic amines is 1. The van der Waals surface area contributed by atoms with Crippen LogP contribution in [0.25, 0.3) is 10.9 Å². The SMILES string of the molecule is CCC(OC=O)c1cc2ccccc2[nH]1. The summed E-state index contributed by atoms with van der Waals surface area (Å²) < 4.78 is 4.99. The molecule has 0 aliphatic rings. The Morgan fingerprint density at radius 2 is 2.27 bits per heavy atom. The van der Waals surface area contributed by atoms with Crippen LogP contribution in [-0.2, 0) is 9.53 Å². The van der Waals surface area contributed by atoms with E-state index in [2.05, 4.69) is 4.98 Å². The Bertz CT molecular complexity index is 428. The first-order chi connectivity index (χ1) is 7.35. The second kappa shape index (κ2) is 4.17. The maximum Gasteiger partial charge on any atom is 0.293 e. The Morgan fingerprint density at radius 3 is 2.93 bits per heavy atom. The number of H-pyrrole nitrogens is 1. The lowest BCUT2D eigenvalue weighted by Crippen LogP contribution is -2.01. The third-order valence-electron chi connectivity index (χ3n) is 2.49. The number of aromatic nitrogens is 1. The maximum atomic E-state index is 10.3. The highest BCUT2D eigenvalue weighted by molar-refractivity contribution is 5.80. The average molecular weight is 203 g/mol. The molecule has 0 radical (unpaired) electrons. The molecule has 0 bridgehead atoms. The number of hydrogen-bond donors (Lipinski definition) is 1. The molecule has 0 aliphatic heterocycles. The molecule has 1 N–H and O–H groups in total. The first-order valence-electron chi connectivity index (χ1n) is 5.02. The minimum Gasteiger partial charge on any atom is -0.458 e. The lowest BCUT2D eigenvalue weighted by atomic mass is 10.2. The summed E-state index contributed by atoms with van der Waals surface area (Å²) in [5, 5.41) is 1.14. The van der Waals surface area contributed by atoms with Gasteiger partial charge in [0.1, 0.15) is 6.10 Å². The van der Waals surface area contributed by atoms with Gasteiger partial charge in [0.05, 0.1) is 5.69 Å². The quantitative estimate of drug-likeness (QED) is 0.776. The lowest BCUT2D eigenvalue weighted by molar-refractivity contribution is -0.134. The van der Waals surface area contributed by atoms with Crippen LogP contribution >= 0.6 is 0 Å². The third kappa shape index (κ3) is 1.86. The fraction of sp³-hybridized carbons (Fsp3) is 0.250. The van der Waals surface area contributed by atoms with Crippen molar-refractivity contribution in [2.75, 3.05) is 0 Å². The molecule has 1 unspecified atom stereocenters. The Balaban J connectivity index is 2.38. The van der Waals surface area contributed by atoms with E-state index in [1.54, 1.807) is 0 Å². The van der Waals surface area contributed by atoms with E-state index in [9.17, 15) is 4.79 Å². The molecule has 1 aromatic heterocycles. The van der Waals surface area contributed by atoms with Crippen molar-refractivity contribution in [3.05, 3.63) is 36.0 Å². The summed E-state index contributed by atoms with van der Waals surface area (Å²) in [6, 6.07) is 10.0. The van der Waals surface area contributed by atoms with Crippen molar-refractivity contribution < 1.29 is 9.53 Å². The van der Waals surface area contributed by atoms with E-state index >= 15 is 0 Å². The van der Waals surface area contributed by atoms with Gasteiger partial charge in [-0.05, 0) is 23.9 Å². The van der Waals surface area contributed by atoms with Gasteiger partial charge in [-0.3, -0.25) is 4.79 Å². The monoisotopic (exact) mass is 203 g/mol. The lowest BCUT2D eigenvalue weighted by Gasteiger charge is -2.10. The molecule has 1 atom stereocenters. The van der Waals surface area contributed by atoms with Gasteiger partial charge in [0.15, 0.2) is 0 Å². The molecule has 0 saturated carbocycles. The number of carbonyl (C=O) groups is 1. The van der Waals surface area contributed by atoms with Crippen LogP contribution in [0.4, 0.5) is 0 Å². The summed E-state index contributed by atoms with van der Waals surface area (Å²) in [6.07, 6.45) is 0.598. The topological polar surface area (TPSA) is 42.1 Å². The predicted octanol–water partition coefficient (Wildman–Crippen LogP) is 2.79. The van der Waals surface area contributed by atoms with Crippen molar-refractivity contribution >= 4 is 17.4 Å². The molecule has 0 saturated heterocycles. The molecule has 0 amide bonds. The summed E-state index contributed by atoms with van der Waals surface area (Å²) in [7, 11) is 0. The van der Waals surface area contributed by atoms with Gasteiger partial charge in [0.2, 0.25) is 0 Å². The molecule has 0 fully saturated rings. The summed E-state index contributed by atoms with van der Waals surface area (Å²) >= 11 is 0. The van der Waals surface area contributed by atoms with Gasteiger partial charge in [-0.15, -0.1) is 0 Å². The van der Waals surface area contributed by atoms with Crippen molar-refractivity contribution in [2.24, 2.45) is 0 Å². The van der Waals surface area contributed by atoms with Crippen LogP contribution in [0, 0.1) is 0 Å². The fourth-order valence-electron chi connectivity index (χ4n) is 1.73. The minimum atomic E-state index is -0.171. The average Bonchev–Trinajstić information content (AvgIpc) is 2.69. The van der Waals surface area contributed by atoms with Crippen molar-refractivity contribution in [2.45, 2.75) is 19.4 Å². The molecule has 0 aliphatic carbocycles. The van der Waals surface area contributed by atoms with Crippen molar-refractivity contribution in [3.63, 3.8) is 0 Å². The van der Waals surface area contributed by atoms with Gasteiger partial charge in [-0.25, -0.2) is 0 Å². The van der Waals surface area contributed by atoms with Crippen LogP contribution in [0.15, 0.2) is 30.3 Å². The van der Waals surface area contributed by atoms with Crippen LogP contribution in [0.2, 0.25) is 0 Å². The Hall–Kier alpha value is -1.77. The number of fused-ring (bicyclic) bond motifs is 1. The Morgan fingerprint density at radius 1 is 1.47 bits per heavy atom. The number of para-hydroxylation sites is 1. The van der Waals surface area contributed by atoms with Gasteiger partial charge in [-0.2, -0.15) is 0 Å². The Kier molecular flexibility index (Phi) is 2.72. The van der Waals surface area contributed by atoms with E-state index < -0.39 is 0 Å². The standard InChI is InChI=1S/C12H13NO2/c1-2-12(15-8-14)11-7-9-5-3-4-6-10(9)13-11/h3-8,12-13H,2H2,1H3. The van der Waals surface area contributed by atoms with Crippen LogP contribution < -0.4 is 0 Å². The largest absolute Gasteiger partial charge is 0.458 e. The molecular formula is C12H13NO2. The van der Waals surface area contributed by atoms with Crippen LogP contribution in [0.3, 0.4) is 0 Å². The summed E-state index contributed by atoms with van der Waals surface area (Å²) in [5.74, 6) is 0. The van der Waals surface area contributed by atoms with E-state index in [4.69, 9.17) is 4.74 Å². The highest BCUT2D eigenvalue weighted by atomic mass is 16.5. The van der Waals surface area contributed by atoms with E-state index in [-0.39, 0.29) is 6.10 Å². The summed E-state index contributed by atoms with van der Waals surface area (Å²) in [4.78, 5) is 13.6. The molecule has 3 heteroatoms. The van der Waals surface area contributed by atoms with E-state index in [1.807, 2.05) is 37.3 Å². The van der Waals surface area contributed by atoms with Crippen LogP contribution in [0.5, 0.6) is 0 Å². The van der Waals surface area contributed by atoms with Crippen molar-refractivity contribution in [1.82, 2.24) is 4.98 Å². The minimum absolute atomic E-state index is 0.171.